The molecule has 78 valence electrons. The minimum Gasteiger partial charge on any atom is -0.457 e. The second kappa shape index (κ2) is 4.59. The van der Waals surface area contributed by atoms with Gasteiger partial charge in [-0.2, -0.15) is 0 Å². The van der Waals surface area contributed by atoms with Gasteiger partial charge in [-0.15, -0.1) is 0 Å². The zero-order valence-corrected chi connectivity index (χ0v) is 9.65. The molecule has 2 N–H and O–H groups in total. The number of nitrogens with two attached hydrogens (primary N) is 1. The van der Waals surface area contributed by atoms with Crippen molar-refractivity contribution in [2.45, 2.75) is 12.5 Å². The Kier molecular flexibility index (Phi) is 3.18. The molecule has 0 aliphatic heterocycles. The molecule has 0 bridgehead atoms. The average molecular weight is 267 g/mol. The zero-order chi connectivity index (χ0) is 10.7. The first-order valence-electron chi connectivity index (χ1n) is 4.65. The highest BCUT2D eigenvalue weighted by molar-refractivity contribution is 9.10. The Labute approximate surface area is 96.4 Å². The van der Waals surface area contributed by atoms with Crippen molar-refractivity contribution in [3.05, 3.63) is 52.7 Å². The van der Waals surface area contributed by atoms with E-state index < -0.39 is 0 Å². The molecule has 0 saturated carbocycles. The van der Waals surface area contributed by atoms with Crippen LogP contribution >= 0.6 is 15.9 Å². The SMILES string of the molecule is NC(Cc1cccnc1)c1ccoc1Br. The highest BCUT2D eigenvalue weighted by Gasteiger charge is 2.12. The van der Waals surface area contributed by atoms with Crippen LogP contribution in [0.3, 0.4) is 0 Å². The van der Waals surface area contributed by atoms with Crippen molar-refractivity contribution in [2.24, 2.45) is 5.73 Å². The van der Waals surface area contributed by atoms with Crippen molar-refractivity contribution in [3.63, 3.8) is 0 Å². The van der Waals surface area contributed by atoms with E-state index in [2.05, 4.69) is 20.9 Å². The Bertz CT molecular complexity index is 427. The fourth-order valence-electron chi connectivity index (χ4n) is 1.45. The molecule has 4 heteroatoms. The summed E-state index contributed by atoms with van der Waals surface area (Å²) < 4.78 is 5.85. The Hall–Kier alpha value is -1.13. The lowest BCUT2D eigenvalue weighted by atomic mass is 10.0. The van der Waals surface area contributed by atoms with Gasteiger partial charge < -0.3 is 10.2 Å². The summed E-state index contributed by atoms with van der Waals surface area (Å²) in [5.74, 6) is 0. The van der Waals surface area contributed by atoms with Gasteiger partial charge in [0.25, 0.3) is 0 Å². The van der Waals surface area contributed by atoms with E-state index in [4.69, 9.17) is 10.2 Å². The van der Waals surface area contributed by atoms with Gasteiger partial charge in [-0.3, -0.25) is 4.98 Å². The third-order valence-electron chi connectivity index (χ3n) is 2.22. The number of nitrogens with zero attached hydrogens (tertiary/aromatic N) is 1. The summed E-state index contributed by atoms with van der Waals surface area (Å²) in [6, 6.07) is 5.74. The van der Waals surface area contributed by atoms with Gasteiger partial charge in [-0.05, 0) is 40.0 Å². The maximum atomic E-state index is 6.05. The van der Waals surface area contributed by atoms with E-state index in [0.717, 1.165) is 17.5 Å². The fraction of sp³-hybridized carbons (Fsp3) is 0.182. The summed E-state index contributed by atoms with van der Waals surface area (Å²) in [4.78, 5) is 4.05. The molecule has 1 atom stereocenters. The van der Waals surface area contributed by atoms with Crippen LogP contribution in [0.4, 0.5) is 0 Å². The van der Waals surface area contributed by atoms with Crippen molar-refractivity contribution in [3.8, 4) is 0 Å². The summed E-state index contributed by atoms with van der Waals surface area (Å²) >= 11 is 3.32. The molecule has 2 aromatic heterocycles. The van der Waals surface area contributed by atoms with Gasteiger partial charge in [0.05, 0.1) is 6.26 Å². The second-order valence-corrected chi connectivity index (χ2v) is 4.04. The Morgan fingerprint density at radius 3 is 2.93 bits per heavy atom. The molecule has 0 spiro atoms. The van der Waals surface area contributed by atoms with Gasteiger partial charge in [-0.25, -0.2) is 0 Å². The van der Waals surface area contributed by atoms with Crippen LogP contribution < -0.4 is 5.73 Å². The van der Waals surface area contributed by atoms with Gasteiger partial charge in [0.15, 0.2) is 4.67 Å². The summed E-state index contributed by atoms with van der Waals surface area (Å²) in [5, 5.41) is 0. The lowest BCUT2D eigenvalue weighted by Gasteiger charge is -2.09. The lowest BCUT2D eigenvalue weighted by molar-refractivity contribution is 0.531. The first-order valence-corrected chi connectivity index (χ1v) is 5.44. The van der Waals surface area contributed by atoms with Crippen LogP contribution in [0.1, 0.15) is 17.2 Å². The largest absolute Gasteiger partial charge is 0.457 e. The fourth-order valence-corrected chi connectivity index (χ4v) is 1.99. The number of furan rings is 1. The number of hydrogen-bond donors (Lipinski definition) is 1. The van der Waals surface area contributed by atoms with Gasteiger partial charge in [0.2, 0.25) is 0 Å². The molecule has 0 saturated heterocycles. The molecule has 0 radical (unpaired) electrons. The minimum absolute atomic E-state index is 0.0673. The highest BCUT2D eigenvalue weighted by atomic mass is 79.9. The van der Waals surface area contributed by atoms with Gasteiger partial charge >= 0.3 is 0 Å². The van der Waals surface area contributed by atoms with E-state index in [1.54, 1.807) is 12.5 Å². The highest BCUT2D eigenvalue weighted by Crippen LogP contribution is 2.25. The first-order chi connectivity index (χ1) is 7.27. The molecular formula is C11H11BrN2O. The van der Waals surface area contributed by atoms with Crippen LogP contribution in [0.5, 0.6) is 0 Å². The quantitative estimate of drug-likeness (QED) is 0.930. The van der Waals surface area contributed by atoms with E-state index in [0.29, 0.717) is 4.67 Å². The van der Waals surface area contributed by atoms with Crippen LogP contribution in [0, 0.1) is 0 Å². The molecule has 0 aromatic carbocycles. The summed E-state index contributed by atoms with van der Waals surface area (Å²) in [5.41, 5.74) is 8.16. The molecule has 0 amide bonds. The van der Waals surface area contributed by atoms with E-state index in [1.807, 2.05) is 24.4 Å². The summed E-state index contributed by atoms with van der Waals surface area (Å²) in [7, 11) is 0. The molecule has 15 heavy (non-hydrogen) atoms. The van der Waals surface area contributed by atoms with Crippen molar-refractivity contribution in [1.82, 2.24) is 4.98 Å². The zero-order valence-electron chi connectivity index (χ0n) is 8.06. The topological polar surface area (TPSA) is 52.0 Å². The predicted molar refractivity (Wildman–Crippen MR) is 61.3 cm³/mol. The smallest absolute Gasteiger partial charge is 0.173 e. The number of halogens is 1. The molecule has 0 aliphatic rings. The van der Waals surface area contributed by atoms with E-state index in [-0.39, 0.29) is 6.04 Å². The predicted octanol–water partition coefficient (Wildman–Crippen LogP) is 2.68. The minimum atomic E-state index is -0.0673. The average Bonchev–Trinajstić information content (AvgIpc) is 2.66. The normalized spacial score (nSPS) is 12.7. The Morgan fingerprint density at radius 2 is 2.33 bits per heavy atom. The lowest BCUT2D eigenvalue weighted by Crippen LogP contribution is -2.13. The summed E-state index contributed by atoms with van der Waals surface area (Å²) in [6.45, 7) is 0. The number of hydrogen-bond acceptors (Lipinski definition) is 3. The number of rotatable bonds is 3. The van der Waals surface area contributed by atoms with E-state index in [9.17, 15) is 0 Å². The first kappa shape index (κ1) is 10.4. The maximum Gasteiger partial charge on any atom is 0.173 e. The monoisotopic (exact) mass is 266 g/mol. The van der Waals surface area contributed by atoms with E-state index in [1.165, 1.54) is 0 Å². The van der Waals surface area contributed by atoms with Crippen LogP contribution in [-0.2, 0) is 6.42 Å². The molecule has 3 nitrogen and oxygen atoms in total. The molecule has 1 unspecified atom stereocenters. The van der Waals surface area contributed by atoms with Crippen molar-refractivity contribution in [1.29, 1.82) is 0 Å². The van der Waals surface area contributed by atoms with Crippen LogP contribution in [0.25, 0.3) is 0 Å². The van der Waals surface area contributed by atoms with Gasteiger partial charge in [0, 0.05) is 24.0 Å². The van der Waals surface area contributed by atoms with Crippen LogP contribution in [0.2, 0.25) is 0 Å². The molecule has 2 aromatic rings. The third kappa shape index (κ3) is 2.46. The van der Waals surface area contributed by atoms with Crippen LogP contribution in [0.15, 0.2) is 45.9 Å². The van der Waals surface area contributed by atoms with Crippen LogP contribution in [-0.4, -0.2) is 4.98 Å². The Morgan fingerprint density at radius 1 is 1.47 bits per heavy atom. The second-order valence-electron chi connectivity index (χ2n) is 3.32. The van der Waals surface area contributed by atoms with Crippen molar-refractivity contribution in [2.75, 3.05) is 0 Å². The van der Waals surface area contributed by atoms with Crippen molar-refractivity contribution >= 4 is 15.9 Å². The molecule has 0 fully saturated rings. The van der Waals surface area contributed by atoms with Gasteiger partial charge in [0.1, 0.15) is 0 Å². The van der Waals surface area contributed by atoms with Gasteiger partial charge in [-0.1, -0.05) is 6.07 Å². The number of aromatic nitrogens is 1. The molecule has 0 aliphatic carbocycles. The molecular weight excluding hydrogens is 256 g/mol. The summed E-state index contributed by atoms with van der Waals surface area (Å²) in [6.07, 6.45) is 5.96. The van der Waals surface area contributed by atoms with Crippen molar-refractivity contribution < 1.29 is 4.42 Å². The van der Waals surface area contributed by atoms with E-state index >= 15 is 0 Å². The standard InChI is InChI=1S/C11H11BrN2O/c12-11-9(3-5-15-11)10(13)6-8-2-1-4-14-7-8/h1-5,7,10H,6,13H2. The number of pyridine rings is 1. The molecule has 2 rings (SSSR count). The Balaban J connectivity index is 2.11. The third-order valence-corrected chi connectivity index (χ3v) is 2.87. The molecule has 2 heterocycles. The maximum absolute atomic E-state index is 6.05.